The summed E-state index contributed by atoms with van der Waals surface area (Å²) in [6.45, 7) is 2.85. The minimum absolute atomic E-state index is 0.172. The summed E-state index contributed by atoms with van der Waals surface area (Å²) in [5.41, 5.74) is 0.969. The number of halogens is 1. The van der Waals surface area contributed by atoms with Gasteiger partial charge in [0.2, 0.25) is 0 Å². The standard InChI is InChI=1S/C12H16ClNO2/c1-2-3-7-16-11-6-4-5-10(8-11)9-12(13)14-15/h4-6,8,15H,2-3,7,9H2,1H3/b14-12-. The smallest absolute Gasteiger partial charge is 0.149 e. The Morgan fingerprint density at radius 2 is 2.31 bits per heavy atom. The number of benzene rings is 1. The van der Waals surface area contributed by atoms with Gasteiger partial charge < -0.3 is 9.94 Å². The van der Waals surface area contributed by atoms with Crippen LogP contribution in [0.3, 0.4) is 0 Å². The molecular formula is C12H16ClNO2. The second kappa shape index (κ2) is 7.12. The van der Waals surface area contributed by atoms with Gasteiger partial charge in [-0.2, -0.15) is 0 Å². The molecule has 3 nitrogen and oxygen atoms in total. The molecule has 0 saturated heterocycles. The van der Waals surface area contributed by atoms with Crippen molar-refractivity contribution in [3.05, 3.63) is 29.8 Å². The Kier molecular flexibility index (Phi) is 5.72. The van der Waals surface area contributed by atoms with Gasteiger partial charge in [-0.1, -0.05) is 42.2 Å². The summed E-state index contributed by atoms with van der Waals surface area (Å²) in [6, 6.07) is 7.63. The van der Waals surface area contributed by atoms with E-state index in [0.717, 1.165) is 30.8 Å². The first-order chi connectivity index (χ1) is 7.76. The van der Waals surface area contributed by atoms with Gasteiger partial charge in [0.15, 0.2) is 0 Å². The van der Waals surface area contributed by atoms with Gasteiger partial charge in [-0.05, 0) is 24.1 Å². The zero-order valence-electron chi connectivity index (χ0n) is 9.32. The van der Waals surface area contributed by atoms with Crippen LogP contribution in [0.2, 0.25) is 0 Å². The van der Waals surface area contributed by atoms with E-state index in [4.69, 9.17) is 21.5 Å². The molecular weight excluding hydrogens is 226 g/mol. The average Bonchev–Trinajstić information content (AvgIpc) is 2.30. The van der Waals surface area contributed by atoms with Gasteiger partial charge in [-0.15, -0.1) is 0 Å². The van der Waals surface area contributed by atoms with Crippen molar-refractivity contribution in [1.82, 2.24) is 0 Å². The van der Waals surface area contributed by atoms with Gasteiger partial charge >= 0.3 is 0 Å². The molecule has 0 unspecified atom stereocenters. The molecule has 0 aliphatic rings. The molecule has 0 saturated carbocycles. The third-order valence-corrected chi connectivity index (χ3v) is 2.33. The topological polar surface area (TPSA) is 41.8 Å². The zero-order valence-corrected chi connectivity index (χ0v) is 10.1. The molecule has 0 atom stereocenters. The van der Waals surface area contributed by atoms with Gasteiger partial charge in [0, 0.05) is 6.42 Å². The molecule has 0 radical (unpaired) electrons. The first-order valence-corrected chi connectivity index (χ1v) is 5.72. The van der Waals surface area contributed by atoms with E-state index in [0.29, 0.717) is 6.42 Å². The highest BCUT2D eigenvalue weighted by molar-refractivity contribution is 6.65. The number of ether oxygens (including phenoxy) is 1. The highest BCUT2D eigenvalue weighted by Crippen LogP contribution is 2.15. The van der Waals surface area contributed by atoms with Crippen molar-refractivity contribution in [2.75, 3.05) is 6.61 Å². The first kappa shape index (κ1) is 12.8. The van der Waals surface area contributed by atoms with Crippen LogP contribution in [0.25, 0.3) is 0 Å². The minimum atomic E-state index is 0.172. The fourth-order valence-electron chi connectivity index (χ4n) is 1.28. The Morgan fingerprint density at radius 3 is 3.00 bits per heavy atom. The lowest BCUT2D eigenvalue weighted by Crippen LogP contribution is -1.98. The van der Waals surface area contributed by atoms with E-state index in [2.05, 4.69) is 12.1 Å². The van der Waals surface area contributed by atoms with E-state index in [1.807, 2.05) is 24.3 Å². The summed E-state index contributed by atoms with van der Waals surface area (Å²) in [7, 11) is 0. The summed E-state index contributed by atoms with van der Waals surface area (Å²) in [5.74, 6) is 0.827. The van der Waals surface area contributed by atoms with Crippen LogP contribution in [0, 0.1) is 0 Å². The summed E-state index contributed by atoms with van der Waals surface area (Å²) in [5, 5.41) is 11.6. The van der Waals surface area contributed by atoms with Crippen molar-refractivity contribution >= 4 is 16.8 Å². The average molecular weight is 242 g/mol. The third-order valence-electron chi connectivity index (χ3n) is 2.12. The Balaban J connectivity index is 2.57. The van der Waals surface area contributed by atoms with Crippen LogP contribution in [0.1, 0.15) is 25.3 Å². The number of rotatable bonds is 6. The lowest BCUT2D eigenvalue weighted by Gasteiger charge is -2.06. The van der Waals surface area contributed by atoms with E-state index in [1.54, 1.807) is 0 Å². The Bertz CT molecular complexity index is 353. The van der Waals surface area contributed by atoms with E-state index in [-0.39, 0.29) is 5.17 Å². The predicted octanol–water partition coefficient (Wildman–Crippen LogP) is 3.43. The lowest BCUT2D eigenvalue weighted by molar-refractivity contribution is 0.309. The fraction of sp³-hybridized carbons (Fsp3) is 0.417. The molecule has 0 aromatic heterocycles. The predicted molar refractivity (Wildman–Crippen MR) is 65.6 cm³/mol. The molecule has 88 valence electrons. The molecule has 4 heteroatoms. The lowest BCUT2D eigenvalue weighted by atomic mass is 10.1. The van der Waals surface area contributed by atoms with E-state index < -0.39 is 0 Å². The number of hydrogen-bond acceptors (Lipinski definition) is 3. The molecule has 1 aromatic carbocycles. The first-order valence-electron chi connectivity index (χ1n) is 5.34. The highest BCUT2D eigenvalue weighted by atomic mass is 35.5. The van der Waals surface area contributed by atoms with Crippen LogP contribution >= 0.6 is 11.6 Å². The molecule has 0 aliphatic heterocycles. The molecule has 1 rings (SSSR count). The molecule has 0 amide bonds. The number of unbranched alkanes of at least 4 members (excludes halogenated alkanes) is 1. The van der Waals surface area contributed by atoms with Gasteiger partial charge in [0.25, 0.3) is 0 Å². The molecule has 0 aliphatic carbocycles. The van der Waals surface area contributed by atoms with Crippen LogP contribution in [-0.4, -0.2) is 17.0 Å². The summed E-state index contributed by atoms with van der Waals surface area (Å²) in [4.78, 5) is 0. The van der Waals surface area contributed by atoms with Crippen molar-refractivity contribution in [3.63, 3.8) is 0 Å². The molecule has 1 N–H and O–H groups in total. The molecule has 0 heterocycles. The molecule has 0 spiro atoms. The molecule has 0 fully saturated rings. The van der Waals surface area contributed by atoms with Gasteiger partial charge in [0.1, 0.15) is 10.9 Å². The van der Waals surface area contributed by atoms with Crippen LogP contribution in [0.15, 0.2) is 29.4 Å². The second-order valence-electron chi connectivity index (χ2n) is 3.50. The highest BCUT2D eigenvalue weighted by Gasteiger charge is 2.00. The Hall–Kier alpha value is -1.22. The largest absolute Gasteiger partial charge is 0.494 e. The number of hydrogen-bond donors (Lipinski definition) is 1. The molecule has 16 heavy (non-hydrogen) atoms. The minimum Gasteiger partial charge on any atom is -0.494 e. The Morgan fingerprint density at radius 1 is 1.50 bits per heavy atom. The van der Waals surface area contributed by atoms with Crippen LogP contribution in [-0.2, 0) is 6.42 Å². The van der Waals surface area contributed by atoms with E-state index in [9.17, 15) is 0 Å². The van der Waals surface area contributed by atoms with Crippen molar-refractivity contribution in [3.8, 4) is 5.75 Å². The monoisotopic (exact) mass is 241 g/mol. The van der Waals surface area contributed by atoms with Gasteiger partial charge in [-0.25, -0.2) is 0 Å². The van der Waals surface area contributed by atoms with Crippen LogP contribution in [0.5, 0.6) is 5.75 Å². The summed E-state index contributed by atoms with van der Waals surface area (Å²) in [6.07, 6.45) is 2.58. The van der Waals surface area contributed by atoms with Gasteiger partial charge in [0.05, 0.1) is 6.61 Å². The van der Waals surface area contributed by atoms with E-state index in [1.165, 1.54) is 0 Å². The SMILES string of the molecule is CCCCOc1cccc(C/C(Cl)=N/O)c1. The second-order valence-corrected chi connectivity index (χ2v) is 3.94. The third kappa shape index (κ3) is 4.53. The normalized spacial score (nSPS) is 11.5. The van der Waals surface area contributed by atoms with E-state index >= 15 is 0 Å². The van der Waals surface area contributed by atoms with Crippen molar-refractivity contribution < 1.29 is 9.94 Å². The number of nitrogens with zero attached hydrogens (tertiary/aromatic N) is 1. The molecule has 1 aromatic rings. The summed E-state index contributed by atoms with van der Waals surface area (Å²) >= 11 is 5.64. The van der Waals surface area contributed by atoms with Crippen molar-refractivity contribution in [2.24, 2.45) is 5.16 Å². The van der Waals surface area contributed by atoms with Crippen LogP contribution < -0.4 is 4.74 Å². The number of oxime groups is 1. The molecule has 0 bridgehead atoms. The zero-order chi connectivity index (χ0) is 11.8. The van der Waals surface area contributed by atoms with Crippen LogP contribution in [0.4, 0.5) is 0 Å². The van der Waals surface area contributed by atoms with Crippen molar-refractivity contribution in [1.29, 1.82) is 0 Å². The maximum Gasteiger partial charge on any atom is 0.149 e. The Labute approximate surface area is 101 Å². The summed E-state index contributed by atoms with van der Waals surface area (Å²) < 4.78 is 5.56. The maximum atomic E-state index is 8.46. The van der Waals surface area contributed by atoms with Gasteiger partial charge in [-0.3, -0.25) is 0 Å². The van der Waals surface area contributed by atoms with Crippen molar-refractivity contribution in [2.45, 2.75) is 26.2 Å². The maximum absolute atomic E-state index is 8.46. The quantitative estimate of drug-likeness (QED) is 0.359. The fourth-order valence-corrected chi connectivity index (χ4v) is 1.44.